The van der Waals surface area contributed by atoms with E-state index in [4.69, 9.17) is 0 Å². The Balaban J connectivity index is 0.00000216. The van der Waals surface area contributed by atoms with E-state index in [0.717, 1.165) is 46.5 Å². The number of carbonyl (C=O) groups is 1. The second-order valence-corrected chi connectivity index (χ2v) is 9.83. The fourth-order valence-corrected chi connectivity index (χ4v) is 6.10. The van der Waals surface area contributed by atoms with Crippen LogP contribution >= 0.6 is 12.4 Å². The van der Waals surface area contributed by atoms with Crippen LogP contribution in [0.15, 0.2) is 54.6 Å². The molecule has 4 nitrogen and oxygen atoms in total. The van der Waals surface area contributed by atoms with Crippen LogP contribution in [0.25, 0.3) is 22.2 Å². The quantitative estimate of drug-likeness (QED) is 0.566. The lowest BCUT2D eigenvalue weighted by Crippen LogP contribution is -2.50. The summed E-state index contributed by atoms with van der Waals surface area (Å²) < 4.78 is 2.17. The predicted molar refractivity (Wildman–Crippen MR) is 132 cm³/mol. The number of nitrogens with one attached hydrogen (secondary N) is 1. The number of halogens is 1. The van der Waals surface area contributed by atoms with Gasteiger partial charge in [-0.2, -0.15) is 0 Å². The summed E-state index contributed by atoms with van der Waals surface area (Å²) in [4.78, 5) is 16.5. The Kier molecular flexibility index (Phi) is 5.77. The number of para-hydroxylation sites is 1. The zero-order valence-corrected chi connectivity index (χ0v) is 19.5. The SMILES string of the molecule is Cl.Cn1c(-c2ccccc2)c(C(=O)N[C@H]2C[C@H]3CC[C@@H](C2)N3CC2CC2)c2ccccc21. The molecular formula is C27H32ClN3O. The highest BCUT2D eigenvalue weighted by Gasteiger charge is 2.43. The molecule has 0 unspecified atom stereocenters. The molecule has 3 aliphatic rings. The van der Waals surface area contributed by atoms with E-state index in [1.165, 1.54) is 32.2 Å². The van der Waals surface area contributed by atoms with E-state index in [9.17, 15) is 4.79 Å². The van der Waals surface area contributed by atoms with Crippen LogP contribution < -0.4 is 5.32 Å². The number of hydrogen-bond acceptors (Lipinski definition) is 2. The highest BCUT2D eigenvalue weighted by Crippen LogP contribution is 2.40. The summed E-state index contributed by atoms with van der Waals surface area (Å²) in [6, 6.07) is 20.2. The summed E-state index contributed by atoms with van der Waals surface area (Å²) in [6.45, 7) is 1.29. The predicted octanol–water partition coefficient (Wildman–Crippen LogP) is 5.40. The lowest BCUT2D eigenvalue weighted by atomic mass is 9.96. The first-order valence-corrected chi connectivity index (χ1v) is 11.9. The molecule has 1 saturated carbocycles. The molecule has 168 valence electrons. The number of hydrogen-bond donors (Lipinski definition) is 1. The van der Waals surface area contributed by atoms with Gasteiger partial charge in [0.2, 0.25) is 0 Å². The molecule has 1 amide bonds. The van der Waals surface area contributed by atoms with Crippen LogP contribution in [0.2, 0.25) is 0 Å². The van der Waals surface area contributed by atoms with Crippen molar-refractivity contribution in [1.82, 2.24) is 14.8 Å². The Bertz CT molecular complexity index is 1110. The minimum Gasteiger partial charge on any atom is -0.349 e. The van der Waals surface area contributed by atoms with E-state index in [1.807, 2.05) is 30.3 Å². The summed E-state index contributed by atoms with van der Waals surface area (Å²) in [7, 11) is 2.07. The highest BCUT2D eigenvalue weighted by molar-refractivity contribution is 6.12. The lowest BCUT2D eigenvalue weighted by Gasteiger charge is -2.39. The molecular weight excluding hydrogens is 418 g/mol. The topological polar surface area (TPSA) is 37.3 Å². The van der Waals surface area contributed by atoms with Crippen molar-refractivity contribution in [3.8, 4) is 11.3 Å². The molecule has 2 aromatic carbocycles. The first-order chi connectivity index (χ1) is 15.2. The first kappa shape index (κ1) is 21.5. The van der Waals surface area contributed by atoms with Crippen LogP contribution in [0.5, 0.6) is 0 Å². The molecule has 3 atom stereocenters. The summed E-state index contributed by atoms with van der Waals surface area (Å²) in [5.74, 6) is 1.02. The number of carbonyl (C=O) groups excluding carboxylic acids is 1. The number of amides is 1. The van der Waals surface area contributed by atoms with Gasteiger partial charge in [-0.1, -0.05) is 48.5 Å². The van der Waals surface area contributed by atoms with Crippen molar-refractivity contribution in [1.29, 1.82) is 0 Å². The van der Waals surface area contributed by atoms with Crippen molar-refractivity contribution < 1.29 is 4.79 Å². The lowest BCUT2D eigenvalue weighted by molar-refractivity contribution is 0.0836. The number of nitrogens with zero attached hydrogens (tertiary/aromatic N) is 2. The van der Waals surface area contributed by atoms with Crippen molar-refractivity contribution >= 4 is 29.2 Å². The molecule has 3 fully saturated rings. The van der Waals surface area contributed by atoms with Gasteiger partial charge in [-0.15, -0.1) is 12.4 Å². The monoisotopic (exact) mass is 449 g/mol. The molecule has 0 radical (unpaired) electrons. The summed E-state index contributed by atoms with van der Waals surface area (Å²) in [6.07, 6.45) is 7.63. The van der Waals surface area contributed by atoms with Gasteiger partial charge in [-0.25, -0.2) is 0 Å². The van der Waals surface area contributed by atoms with Crippen molar-refractivity contribution in [2.45, 2.75) is 56.7 Å². The van der Waals surface area contributed by atoms with Gasteiger partial charge >= 0.3 is 0 Å². The number of piperidine rings is 1. The molecule has 2 saturated heterocycles. The van der Waals surface area contributed by atoms with Crippen LogP contribution in [0.3, 0.4) is 0 Å². The molecule has 0 spiro atoms. The number of aryl methyl sites for hydroxylation is 1. The molecule has 1 aromatic heterocycles. The molecule has 3 aromatic rings. The molecule has 3 heterocycles. The van der Waals surface area contributed by atoms with Crippen LogP contribution in [-0.4, -0.2) is 40.0 Å². The fraction of sp³-hybridized carbons (Fsp3) is 0.444. The standard InChI is InChI=1S/C27H31N3O.ClH/c1-29-24-10-6-5-9-23(24)25(26(29)19-7-3-2-4-8-19)27(31)28-20-15-21-13-14-22(16-20)30(21)17-18-11-12-18;/h2-10,18,20-22H,11-17H2,1H3,(H,28,31);1H/t20-,21+,22-;. The largest absolute Gasteiger partial charge is 0.349 e. The van der Waals surface area contributed by atoms with Gasteiger partial charge in [0.15, 0.2) is 0 Å². The number of benzene rings is 2. The summed E-state index contributed by atoms with van der Waals surface area (Å²) in [5, 5.41) is 4.50. The third-order valence-electron chi connectivity index (χ3n) is 7.77. The van der Waals surface area contributed by atoms with E-state index in [-0.39, 0.29) is 24.4 Å². The number of aromatic nitrogens is 1. The Labute approximate surface area is 196 Å². The minimum absolute atomic E-state index is 0. The molecule has 32 heavy (non-hydrogen) atoms. The van der Waals surface area contributed by atoms with Crippen LogP contribution in [0.1, 0.15) is 48.9 Å². The van der Waals surface area contributed by atoms with E-state index in [0.29, 0.717) is 12.1 Å². The molecule has 6 rings (SSSR count). The number of rotatable bonds is 5. The van der Waals surface area contributed by atoms with Crippen molar-refractivity contribution in [3.63, 3.8) is 0 Å². The van der Waals surface area contributed by atoms with Crippen LogP contribution in [-0.2, 0) is 7.05 Å². The average Bonchev–Trinajstić information content (AvgIpc) is 3.51. The Morgan fingerprint density at radius 1 is 0.938 bits per heavy atom. The van der Waals surface area contributed by atoms with Gasteiger partial charge in [0, 0.05) is 42.6 Å². The van der Waals surface area contributed by atoms with Crippen molar-refractivity contribution in [2.75, 3.05) is 6.54 Å². The van der Waals surface area contributed by atoms with Gasteiger partial charge in [0.25, 0.3) is 5.91 Å². The minimum atomic E-state index is 0. The fourth-order valence-electron chi connectivity index (χ4n) is 6.10. The third-order valence-corrected chi connectivity index (χ3v) is 7.77. The van der Waals surface area contributed by atoms with Gasteiger partial charge < -0.3 is 9.88 Å². The van der Waals surface area contributed by atoms with Gasteiger partial charge in [-0.05, 0) is 56.1 Å². The van der Waals surface area contributed by atoms with Gasteiger partial charge in [-0.3, -0.25) is 9.69 Å². The maximum Gasteiger partial charge on any atom is 0.254 e. The normalized spacial score (nSPS) is 25.0. The number of fused-ring (bicyclic) bond motifs is 3. The average molecular weight is 450 g/mol. The highest BCUT2D eigenvalue weighted by atomic mass is 35.5. The van der Waals surface area contributed by atoms with Crippen LogP contribution in [0, 0.1) is 5.92 Å². The summed E-state index contributed by atoms with van der Waals surface area (Å²) >= 11 is 0. The molecule has 2 bridgehead atoms. The molecule has 5 heteroatoms. The smallest absolute Gasteiger partial charge is 0.254 e. The van der Waals surface area contributed by atoms with Gasteiger partial charge in [0.1, 0.15) is 0 Å². The second kappa shape index (κ2) is 8.57. The maximum atomic E-state index is 13.7. The summed E-state index contributed by atoms with van der Waals surface area (Å²) in [5.41, 5.74) is 4.02. The molecule has 1 N–H and O–H groups in total. The van der Waals surface area contributed by atoms with Gasteiger partial charge in [0.05, 0.1) is 11.3 Å². The van der Waals surface area contributed by atoms with Crippen LogP contribution in [0.4, 0.5) is 0 Å². The van der Waals surface area contributed by atoms with E-state index < -0.39 is 0 Å². The van der Waals surface area contributed by atoms with Crippen molar-refractivity contribution in [2.24, 2.45) is 13.0 Å². The Morgan fingerprint density at radius 3 is 2.28 bits per heavy atom. The van der Waals surface area contributed by atoms with Crippen molar-refractivity contribution in [3.05, 3.63) is 60.2 Å². The first-order valence-electron chi connectivity index (χ1n) is 11.9. The van der Waals surface area contributed by atoms with E-state index in [2.05, 4.69) is 46.1 Å². The third kappa shape index (κ3) is 3.74. The zero-order chi connectivity index (χ0) is 20.9. The molecule has 2 aliphatic heterocycles. The zero-order valence-electron chi connectivity index (χ0n) is 18.7. The second-order valence-electron chi connectivity index (χ2n) is 9.83. The van der Waals surface area contributed by atoms with E-state index >= 15 is 0 Å². The maximum absolute atomic E-state index is 13.7. The Hall–Kier alpha value is -2.30. The molecule has 1 aliphatic carbocycles. The Morgan fingerprint density at radius 2 is 1.59 bits per heavy atom. The van der Waals surface area contributed by atoms with E-state index in [1.54, 1.807) is 0 Å².